The molecule has 32 heavy (non-hydrogen) atoms. The molecular weight excluding hydrogens is 412 g/mol. The Labute approximate surface area is 183 Å². The molecule has 0 amide bonds. The van der Waals surface area contributed by atoms with Crippen molar-refractivity contribution >= 4 is 11.0 Å². The number of aliphatic hydroxyl groups is 1. The minimum atomic E-state index is -0.710. The first-order valence-corrected chi connectivity index (χ1v) is 10.1. The molecule has 4 rings (SSSR count). The topological polar surface area (TPSA) is 120 Å². The van der Waals surface area contributed by atoms with Crippen LogP contribution in [-0.4, -0.2) is 33.6 Å². The minimum Gasteiger partial charge on any atom is -0.508 e. The van der Waals surface area contributed by atoms with Crippen LogP contribution in [0.2, 0.25) is 0 Å². The van der Waals surface area contributed by atoms with Crippen molar-refractivity contribution in [3.63, 3.8) is 0 Å². The molecular formula is C25H22O7. The number of benzene rings is 3. The molecule has 4 N–H and O–H groups in total. The molecule has 0 atom stereocenters. The molecule has 0 unspecified atom stereocenters. The Kier molecular flexibility index (Phi) is 6.00. The summed E-state index contributed by atoms with van der Waals surface area (Å²) in [6, 6.07) is 16.7. The normalized spacial score (nSPS) is 11.0. The van der Waals surface area contributed by atoms with Crippen LogP contribution in [0, 0.1) is 0 Å². The van der Waals surface area contributed by atoms with Gasteiger partial charge in [-0.15, -0.1) is 0 Å². The first-order chi connectivity index (χ1) is 15.5. The Morgan fingerprint density at radius 1 is 0.938 bits per heavy atom. The molecule has 0 radical (unpaired) electrons. The standard InChI is InChI=1S/C25H22O7/c26-9-4-10-31-20-13-18(27)14-21-22(20)23(29)24(30)25(32-21)16-7-8-19(28)17(12-16)11-15-5-2-1-3-6-15/h1-3,5-8,12-14,26-28,30H,4,9-11H2. The van der Waals surface area contributed by atoms with Gasteiger partial charge in [0, 0.05) is 37.1 Å². The molecule has 164 valence electrons. The van der Waals surface area contributed by atoms with Gasteiger partial charge in [0.1, 0.15) is 28.2 Å². The average Bonchev–Trinajstić information content (AvgIpc) is 2.78. The SMILES string of the molecule is O=c1c(O)c(-c2ccc(O)c(Cc3ccccc3)c2)oc2cc(O)cc(OCCCO)c12. The van der Waals surface area contributed by atoms with E-state index in [-0.39, 0.29) is 47.2 Å². The summed E-state index contributed by atoms with van der Waals surface area (Å²) in [5.41, 5.74) is 1.31. The predicted molar refractivity (Wildman–Crippen MR) is 119 cm³/mol. The highest BCUT2D eigenvalue weighted by molar-refractivity contribution is 5.88. The van der Waals surface area contributed by atoms with Crippen LogP contribution in [0.5, 0.6) is 23.0 Å². The van der Waals surface area contributed by atoms with Gasteiger partial charge >= 0.3 is 0 Å². The fourth-order valence-electron chi connectivity index (χ4n) is 3.50. The Hall–Kier alpha value is -3.97. The summed E-state index contributed by atoms with van der Waals surface area (Å²) in [7, 11) is 0. The molecule has 0 aliphatic carbocycles. The molecule has 0 aliphatic rings. The van der Waals surface area contributed by atoms with E-state index in [0.717, 1.165) is 5.56 Å². The molecule has 4 aromatic rings. The number of phenolic OH excluding ortho intramolecular Hbond substituents is 2. The Balaban J connectivity index is 1.81. The van der Waals surface area contributed by atoms with Crippen LogP contribution in [0.1, 0.15) is 17.5 Å². The van der Waals surface area contributed by atoms with Crippen molar-refractivity contribution in [2.45, 2.75) is 12.8 Å². The van der Waals surface area contributed by atoms with Crippen LogP contribution >= 0.6 is 0 Å². The number of rotatable bonds is 7. The fraction of sp³-hybridized carbons (Fsp3) is 0.160. The fourth-order valence-corrected chi connectivity index (χ4v) is 3.50. The number of aromatic hydroxyl groups is 3. The van der Waals surface area contributed by atoms with Crippen LogP contribution in [0.4, 0.5) is 0 Å². The van der Waals surface area contributed by atoms with E-state index in [0.29, 0.717) is 24.0 Å². The number of ether oxygens (including phenoxy) is 1. The third-order valence-electron chi connectivity index (χ3n) is 5.06. The van der Waals surface area contributed by atoms with Crippen LogP contribution in [0.25, 0.3) is 22.3 Å². The first-order valence-electron chi connectivity index (χ1n) is 10.1. The highest BCUT2D eigenvalue weighted by atomic mass is 16.5. The highest BCUT2D eigenvalue weighted by Gasteiger charge is 2.20. The van der Waals surface area contributed by atoms with E-state index >= 15 is 0 Å². The maximum absolute atomic E-state index is 13.0. The lowest BCUT2D eigenvalue weighted by Gasteiger charge is -2.12. The van der Waals surface area contributed by atoms with Gasteiger partial charge in [-0.3, -0.25) is 4.79 Å². The lowest BCUT2D eigenvalue weighted by Crippen LogP contribution is -2.07. The second-order valence-electron chi connectivity index (χ2n) is 7.36. The molecule has 1 aromatic heterocycles. The molecule has 0 aliphatic heterocycles. The van der Waals surface area contributed by atoms with E-state index in [1.54, 1.807) is 6.07 Å². The molecule has 3 aromatic carbocycles. The van der Waals surface area contributed by atoms with E-state index in [4.69, 9.17) is 14.3 Å². The third kappa shape index (κ3) is 4.24. The van der Waals surface area contributed by atoms with Crippen molar-refractivity contribution in [3.05, 3.63) is 82.0 Å². The molecule has 0 bridgehead atoms. The first kappa shape index (κ1) is 21.3. The Bertz CT molecular complexity index is 1310. The smallest absolute Gasteiger partial charge is 0.238 e. The number of hydrogen-bond donors (Lipinski definition) is 4. The number of phenols is 2. The summed E-state index contributed by atoms with van der Waals surface area (Å²) in [5.74, 6) is -0.723. The van der Waals surface area contributed by atoms with Crippen molar-refractivity contribution in [2.75, 3.05) is 13.2 Å². The van der Waals surface area contributed by atoms with Crippen LogP contribution < -0.4 is 10.2 Å². The molecule has 7 heteroatoms. The predicted octanol–water partition coefficient (Wildman–Crippen LogP) is 3.93. The van der Waals surface area contributed by atoms with Crippen molar-refractivity contribution < 1.29 is 29.6 Å². The van der Waals surface area contributed by atoms with Gasteiger partial charge in [-0.1, -0.05) is 30.3 Å². The van der Waals surface area contributed by atoms with Crippen molar-refractivity contribution in [2.24, 2.45) is 0 Å². The van der Waals surface area contributed by atoms with Gasteiger partial charge in [-0.25, -0.2) is 0 Å². The number of aliphatic hydroxyl groups excluding tert-OH is 1. The largest absolute Gasteiger partial charge is 0.508 e. The van der Waals surface area contributed by atoms with Crippen LogP contribution in [-0.2, 0) is 6.42 Å². The lowest BCUT2D eigenvalue weighted by molar-refractivity contribution is 0.234. The van der Waals surface area contributed by atoms with Crippen LogP contribution in [0.3, 0.4) is 0 Å². The van der Waals surface area contributed by atoms with E-state index < -0.39 is 11.2 Å². The van der Waals surface area contributed by atoms with E-state index in [2.05, 4.69) is 0 Å². The van der Waals surface area contributed by atoms with E-state index in [9.17, 15) is 20.1 Å². The van der Waals surface area contributed by atoms with Gasteiger partial charge in [-0.05, 0) is 29.3 Å². The van der Waals surface area contributed by atoms with Gasteiger partial charge in [0.2, 0.25) is 11.2 Å². The summed E-state index contributed by atoms with van der Waals surface area (Å²) in [4.78, 5) is 13.0. The quantitative estimate of drug-likeness (QED) is 0.325. The summed E-state index contributed by atoms with van der Waals surface area (Å²) in [6.07, 6.45) is 0.785. The molecule has 0 saturated heterocycles. The third-order valence-corrected chi connectivity index (χ3v) is 5.06. The monoisotopic (exact) mass is 434 g/mol. The van der Waals surface area contributed by atoms with Gasteiger partial charge in [0.15, 0.2) is 5.76 Å². The minimum absolute atomic E-state index is 0.00900. The number of fused-ring (bicyclic) bond motifs is 1. The molecule has 7 nitrogen and oxygen atoms in total. The molecule has 1 heterocycles. The second kappa shape index (κ2) is 9.03. The second-order valence-corrected chi connectivity index (χ2v) is 7.36. The van der Waals surface area contributed by atoms with Crippen molar-refractivity contribution in [3.8, 4) is 34.3 Å². The van der Waals surface area contributed by atoms with Crippen LogP contribution in [0.15, 0.2) is 69.9 Å². The molecule has 0 saturated carbocycles. The maximum atomic E-state index is 13.0. The van der Waals surface area contributed by atoms with Crippen molar-refractivity contribution in [1.82, 2.24) is 0 Å². The molecule has 0 spiro atoms. The zero-order chi connectivity index (χ0) is 22.7. The highest BCUT2D eigenvalue weighted by Crippen LogP contribution is 2.37. The average molecular weight is 434 g/mol. The maximum Gasteiger partial charge on any atom is 0.238 e. The van der Waals surface area contributed by atoms with Crippen molar-refractivity contribution in [1.29, 1.82) is 0 Å². The summed E-state index contributed by atoms with van der Waals surface area (Å²) in [6.45, 7) is 0.0325. The lowest BCUT2D eigenvalue weighted by atomic mass is 10.00. The zero-order valence-corrected chi connectivity index (χ0v) is 17.1. The Morgan fingerprint density at radius 2 is 1.72 bits per heavy atom. The van der Waals surface area contributed by atoms with Gasteiger partial charge in [0.05, 0.1) is 6.61 Å². The summed E-state index contributed by atoms with van der Waals surface area (Å²) >= 11 is 0. The molecule has 0 fully saturated rings. The van der Waals surface area contributed by atoms with E-state index in [1.807, 2.05) is 30.3 Å². The summed E-state index contributed by atoms with van der Waals surface area (Å²) in [5, 5.41) is 39.9. The van der Waals surface area contributed by atoms with Gasteiger partial charge in [-0.2, -0.15) is 0 Å². The number of hydrogen-bond acceptors (Lipinski definition) is 7. The van der Waals surface area contributed by atoms with Gasteiger partial charge in [0.25, 0.3) is 0 Å². The zero-order valence-electron chi connectivity index (χ0n) is 17.1. The summed E-state index contributed by atoms with van der Waals surface area (Å²) < 4.78 is 11.3. The van der Waals surface area contributed by atoms with E-state index in [1.165, 1.54) is 24.3 Å². The van der Waals surface area contributed by atoms with Gasteiger partial charge < -0.3 is 29.6 Å². The Morgan fingerprint density at radius 3 is 2.47 bits per heavy atom.